The van der Waals surface area contributed by atoms with Crippen LogP contribution in [0.25, 0.3) is 5.69 Å². The lowest BCUT2D eigenvalue weighted by molar-refractivity contribution is -0.129. The third-order valence-electron chi connectivity index (χ3n) is 4.84. The van der Waals surface area contributed by atoms with E-state index in [1.807, 2.05) is 55.7 Å². The first kappa shape index (κ1) is 22.4. The fourth-order valence-electron chi connectivity index (χ4n) is 2.83. The number of amides is 1. The average Bonchev–Trinajstić information content (AvgIpc) is 3.17. The van der Waals surface area contributed by atoms with Crippen molar-refractivity contribution < 1.29 is 4.79 Å². The second-order valence-electron chi connectivity index (χ2n) is 8.00. The third-order valence-corrected chi connectivity index (χ3v) is 6.51. The summed E-state index contributed by atoms with van der Waals surface area (Å²) < 4.78 is 2.02. The summed E-state index contributed by atoms with van der Waals surface area (Å²) in [6.07, 6.45) is 0. The highest BCUT2D eigenvalue weighted by Gasteiger charge is 2.29. The summed E-state index contributed by atoms with van der Waals surface area (Å²) in [5.74, 6) is 1.61. The Hall–Kier alpha value is -2.31. The normalized spacial score (nSPS) is 12.6. The number of aromatic nitrogens is 3. The Balaban J connectivity index is 1.91. The fourth-order valence-corrected chi connectivity index (χ4v) is 3.87. The number of nitrogens with one attached hydrogen (secondary N) is 1. The van der Waals surface area contributed by atoms with Crippen LogP contribution in [0.3, 0.4) is 0 Å². The topological polar surface area (TPSA) is 59.8 Å². The molecule has 0 spiro atoms. The van der Waals surface area contributed by atoms with Crippen molar-refractivity contribution >= 4 is 29.3 Å². The molecular formula is C23H27ClN4OS. The lowest BCUT2D eigenvalue weighted by Gasteiger charge is -2.23. The molecule has 1 aromatic heterocycles. The zero-order chi connectivity index (χ0) is 21.7. The highest BCUT2D eigenvalue weighted by atomic mass is 35.5. The van der Waals surface area contributed by atoms with Gasteiger partial charge >= 0.3 is 0 Å². The van der Waals surface area contributed by atoms with Crippen LogP contribution in [0, 0.1) is 12.3 Å². The molecule has 1 unspecified atom stereocenters. The SMILES string of the molecule is Cc1ccc(-n2c(SCc3ccccc3)nnc2C(C)NC(=O)C(C)(C)CCl)cc1. The second-order valence-corrected chi connectivity index (χ2v) is 9.21. The lowest BCUT2D eigenvalue weighted by atomic mass is 9.95. The predicted octanol–water partition coefficient (Wildman–Crippen LogP) is 5.31. The van der Waals surface area contributed by atoms with Gasteiger partial charge in [0.25, 0.3) is 0 Å². The molecule has 0 saturated heterocycles. The van der Waals surface area contributed by atoms with E-state index in [0.717, 1.165) is 16.6 Å². The molecule has 0 aliphatic carbocycles. The van der Waals surface area contributed by atoms with Crippen molar-refractivity contribution in [1.29, 1.82) is 0 Å². The smallest absolute Gasteiger partial charge is 0.227 e. The highest BCUT2D eigenvalue weighted by molar-refractivity contribution is 7.98. The van der Waals surface area contributed by atoms with Crippen molar-refractivity contribution in [2.75, 3.05) is 5.88 Å². The summed E-state index contributed by atoms with van der Waals surface area (Å²) in [7, 11) is 0. The predicted molar refractivity (Wildman–Crippen MR) is 123 cm³/mol. The van der Waals surface area contributed by atoms with Gasteiger partial charge in [-0.2, -0.15) is 0 Å². The number of thioether (sulfide) groups is 1. The maximum absolute atomic E-state index is 12.6. The maximum Gasteiger partial charge on any atom is 0.227 e. The van der Waals surface area contributed by atoms with Crippen molar-refractivity contribution in [3.63, 3.8) is 0 Å². The van der Waals surface area contributed by atoms with E-state index in [-0.39, 0.29) is 17.8 Å². The number of carbonyl (C=O) groups excluding carboxylic acids is 1. The van der Waals surface area contributed by atoms with Crippen molar-refractivity contribution in [1.82, 2.24) is 20.1 Å². The van der Waals surface area contributed by atoms with Gasteiger partial charge in [-0.05, 0) is 45.4 Å². The van der Waals surface area contributed by atoms with Gasteiger partial charge < -0.3 is 5.32 Å². The number of benzene rings is 2. The van der Waals surface area contributed by atoms with E-state index >= 15 is 0 Å². The minimum atomic E-state index is -0.657. The van der Waals surface area contributed by atoms with Crippen LogP contribution in [0.5, 0.6) is 0 Å². The van der Waals surface area contributed by atoms with E-state index < -0.39 is 5.41 Å². The van der Waals surface area contributed by atoms with Gasteiger partial charge in [0.15, 0.2) is 11.0 Å². The van der Waals surface area contributed by atoms with Crippen LogP contribution in [0.2, 0.25) is 0 Å². The molecule has 0 aliphatic rings. The molecule has 30 heavy (non-hydrogen) atoms. The van der Waals surface area contributed by atoms with E-state index in [2.05, 4.69) is 46.7 Å². The standard InChI is InChI=1S/C23H27ClN4OS/c1-16-10-12-19(13-11-16)28-20(17(2)25-21(29)23(3,4)15-24)26-27-22(28)30-14-18-8-6-5-7-9-18/h5-13,17H,14-15H2,1-4H3,(H,25,29). The van der Waals surface area contributed by atoms with Crippen molar-refractivity contribution in [3.05, 3.63) is 71.5 Å². The Morgan fingerprint density at radius 3 is 2.43 bits per heavy atom. The third kappa shape index (κ3) is 5.24. The minimum absolute atomic E-state index is 0.109. The first-order chi connectivity index (χ1) is 14.3. The van der Waals surface area contributed by atoms with Crippen LogP contribution in [-0.4, -0.2) is 26.6 Å². The number of hydrogen-bond acceptors (Lipinski definition) is 4. The van der Waals surface area contributed by atoms with Gasteiger partial charge in [0.1, 0.15) is 0 Å². The molecule has 7 heteroatoms. The van der Waals surface area contributed by atoms with Crippen LogP contribution < -0.4 is 5.32 Å². The van der Waals surface area contributed by atoms with Crippen LogP contribution >= 0.6 is 23.4 Å². The van der Waals surface area contributed by atoms with Gasteiger partial charge in [-0.3, -0.25) is 9.36 Å². The summed E-state index contributed by atoms with van der Waals surface area (Å²) in [5.41, 5.74) is 2.70. The monoisotopic (exact) mass is 442 g/mol. The number of rotatable bonds is 8. The van der Waals surface area contributed by atoms with E-state index in [4.69, 9.17) is 11.6 Å². The number of halogens is 1. The Morgan fingerprint density at radius 2 is 1.80 bits per heavy atom. The second kappa shape index (κ2) is 9.67. The van der Waals surface area contributed by atoms with Crippen LogP contribution in [0.1, 0.15) is 43.8 Å². The zero-order valence-electron chi connectivity index (χ0n) is 17.7. The first-order valence-corrected chi connectivity index (χ1v) is 11.4. The summed E-state index contributed by atoms with van der Waals surface area (Å²) in [4.78, 5) is 12.6. The van der Waals surface area contributed by atoms with Crippen molar-refractivity contribution in [2.45, 2.75) is 44.6 Å². The lowest BCUT2D eigenvalue weighted by Crippen LogP contribution is -2.40. The quantitative estimate of drug-likeness (QED) is 0.379. The summed E-state index contributed by atoms with van der Waals surface area (Å²) >= 11 is 7.59. The highest BCUT2D eigenvalue weighted by Crippen LogP contribution is 2.28. The van der Waals surface area contributed by atoms with E-state index in [9.17, 15) is 4.79 Å². The average molecular weight is 443 g/mol. The molecule has 1 amide bonds. The number of alkyl halides is 1. The molecule has 3 rings (SSSR count). The van der Waals surface area contributed by atoms with Gasteiger partial charge in [-0.25, -0.2) is 0 Å². The molecule has 5 nitrogen and oxygen atoms in total. The molecule has 1 atom stereocenters. The van der Waals surface area contributed by atoms with E-state index in [1.54, 1.807) is 11.8 Å². The number of nitrogens with zero attached hydrogens (tertiary/aromatic N) is 3. The van der Waals surface area contributed by atoms with Crippen LogP contribution in [0.4, 0.5) is 0 Å². The Kier molecular flexibility index (Phi) is 7.21. The summed E-state index contributed by atoms with van der Waals surface area (Å²) in [6.45, 7) is 7.63. The minimum Gasteiger partial charge on any atom is -0.346 e. The van der Waals surface area contributed by atoms with Crippen molar-refractivity contribution in [3.8, 4) is 5.69 Å². The van der Waals surface area contributed by atoms with Crippen LogP contribution in [-0.2, 0) is 10.5 Å². The Bertz CT molecular complexity index is 986. The Labute approximate surface area is 187 Å². The van der Waals surface area contributed by atoms with Gasteiger partial charge in [-0.15, -0.1) is 21.8 Å². The Morgan fingerprint density at radius 1 is 1.13 bits per heavy atom. The molecular weight excluding hydrogens is 416 g/mol. The number of carbonyl (C=O) groups is 1. The molecule has 2 aromatic carbocycles. The largest absolute Gasteiger partial charge is 0.346 e. The molecule has 3 aromatic rings. The zero-order valence-corrected chi connectivity index (χ0v) is 19.3. The summed E-state index contributed by atoms with van der Waals surface area (Å²) in [5, 5.41) is 12.7. The molecule has 0 fully saturated rings. The van der Waals surface area contributed by atoms with E-state index in [0.29, 0.717) is 5.82 Å². The molecule has 1 N–H and O–H groups in total. The first-order valence-electron chi connectivity index (χ1n) is 9.88. The van der Waals surface area contributed by atoms with Gasteiger partial charge in [0.2, 0.25) is 5.91 Å². The van der Waals surface area contributed by atoms with Gasteiger partial charge in [-0.1, -0.05) is 59.8 Å². The molecule has 0 aliphatic heterocycles. The number of hydrogen-bond donors (Lipinski definition) is 1. The van der Waals surface area contributed by atoms with Crippen molar-refractivity contribution in [2.24, 2.45) is 5.41 Å². The summed E-state index contributed by atoms with van der Waals surface area (Å²) in [6, 6.07) is 18.2. The molecule has 0 saturated carbocycles. The molecule has 158 valence electrons. The van der Waals surface area contributed by atoms with Crippen LogP contribution in [0.15, 0.2) is 59.8 Å². The van der Waals surface area contributed by atoms with Gasteiger partial charge in [0.05, 0.1) is 11.5 Å². The molecule has 0 radical (unpaired) electrons. The molecule has 0 bridgehead atoms. The number of aryl methyl sites for hydroxylation is 1. The maximum atomic E-state index is 12.6. The molecule has 1 heterocycles. The fraction of sp³-hybridized carbons (Fsp3) is 0.348. The van der Waals surface area contributed by atoms with Gasteiger partial charge in [0, 0.05) is 17.3 Å². The van der Waals surface area contributed by atoms with E-state index in [1.165, 1.54) is 11.1 Å².